The number of rotatable bonds is 3. The Morgan fingerprint density at radius 2 is 1.22 bits per heavy atom. The number of aliphatic hydroxyl groups excluding tert-OH is 2. The van der Waals surface area contributed by atoms with Crippen molar-refractivity contribution in [2.24, 2.45) is 0 Å². The van der Waals surface area contributed by atoms with Gasteiger partial charge in [0.25, 0.3) is 0 Å². The molecule has 9 heavy (non-hydrogen) atoms. The zero-order valence-corrected chi connectivity index (χ0v) is 12.4. The molecule has 2 nitrogen and oxygen atoms in total. The Kier molecular flexibility index (Phi) is 11.2. The van der Waals surface area contributed by atoms with Crippen LogP contribution in [0, 0.1) is 0 Å². The summed E-state index contributed by atoms with van der Waals surface area (Å²) in [7, 11) is 0. The minimum atomic E-state index is -0.740. The second kappa shape index (κ2) is 7.65. The van der Waals surface area contributed by atoms with Gasteiger partial charge in [0.1, 0.15) is 0 Å². The van der Waals surface area contributed by atoms with E-state index in [0.29, 0.717) is 0 Å². The van der Waals surface area contributed by atoms with Crippen LogP contribution in [0.4, 0.5) is 0 Å². The van der Waals surface area contributed by atoms with Crippen LogP contribution in [0.5, 0.6) is 0 Å². The third kappa shape index (κ3) is 5.96. The van der Waals surface area contributed by atoms with Crippen molar-refractivity contribution in [3.63, 3.8) is 0 Å². The summed E-state index contributed by atoms with van der Waals surface area (Å²) in [6, 6.07) is 0. The third-order valence-electron chi connectivity index (χ3n) is 0.818. The van der Waals surface area contributed by atoms with E-state index in [1.807, 2.05) is 0 Å². The molecule has 0 spiro atoms. The molecule has 0 heterocycles. The summed E-state index contributed by atoms with van der Waals surface area (Å²) in [5, 5.41) is 17.5. The monoisotopic (exact) mass is 364 g/mol. The fraction of sp³-hybridized carbons (Fsp3) is 1.00. The summed E-state index contributed by atoms with van der Waals surface area (Å²) < 4.78 is 0. The van der Waals surface area contributed by atoms with Crippen molar-refractivity contribution in [2.45, 2.75) is 12.2 Å². The van der Waals surface area contributed by atoms with Gasteiger partial charge in [-0.3, -0.25) is 0 Å². The summed E-state index contributed by atoms with van der Waals surface area (Å²) in [5.74, 6) is 0.559. The molecule has 0 saturated carbocycles. The molecule has 0 aromatic rings. The average molecular weight is 363 g/mol. The first-order chi connectivity index (χ1) is 3.72. The van der Waals surface area contributed by atoms with Crippen molar-refractivity contribution in [1.29, 1.82) is 0 Å². The molecule has 0 aliphatic heterocycles. The van der Waals surface area contributed by atoms with Gasteiger partial charge >= 0.3 is 27.3 Å². The topological polar surface area (TPSA) is 40.5 Å². The number of hydrogen-bond donors (Lipinski definition) is 4. The van der Waals surface area contributed by atoms with E-state index >= 15 is 0 Å². The molecule has 0 unspecified atom stereocenters. The van der Waals surface area contributed by atoms with Crippen LogP contribution in [0.3, 0.4) is 0 Å². The van der Waals surface area contributed by atoms with Crippen molar-refractivity contribution >= 4 is 52.6 Å². The molecule has 0 aromatic heterocycles. The molecule has 5 heteroatoms. The number of thiol groups is 2. The number of aliphatic hydroxyl groups is 2. The summed E-state index contributed by atoms with van der Waals surface area (Å²) >= 11 is 7.53. The van der Waals surface area contributed by atoms with Gasteiger partial charge in [-0.25, -0.2) is 0 Å². The van der Waals surface area contributed by atoms with Crippen molar-refractivity contribution in [2.75, 3.05) is 11.5 Å². The van der Waals surface area contributed by atoms with Crippen molar-refractivity contribution in [1.82, 2.24) is 0 Å². The first kappa shape index (κ1) is 13.2. The Bertz CT molecular complexity index is 56.5. The van der Waals surface area contributed by atoms with Gasteiger partial charge in [0.05, 0.1) is 12.2 Å². The van der Waals surface area contributed by atoms with E-state index in [2.05, 4.69) is 25.3 Å². The Hall–Kier alpha value is 1.54. The van der Waals surface area contributed by atoms with E-state index in [0.717, 1.165) is 0 Å². The van der Waals surface area contributed by atoms with Gasteiger partial charge in [-0.2, -0.15) is 25.3 Å². The maximum absolute atomic E-state index is 8.75. The van der Waals surface area contributed by atoms with Crippen molar-refractivity contribution in [3.05, 3.63) is 0 Å². The summed E-state index contributed by atoms with van der Waals surface area (Å²) in [6.45, 7) is 0. The van der Waals surface area contributed by atoms with Gasteiger partial charge in [0.15, 0.2) is 0 Å². The summed E-state index contributed by atoms with van der Waals surface area (Å²) in [6.07, 6.45) is -1.48. The van der Waals surface area contributed by atoms with Crippen LogP contribution in [0.25, 0.3) is 0 Å². The van der Waals surface area contributed by atoms with Gasteiger partial charge in [-0.05, 0) is 0 Å². The minimum absolute atomic E-state index is 0. The third-order valence-corrected chi connectivity index (χ3v) is 1.57. The van der Waals surface area contributed by atoms with Gasteiger partial charge in [0.2, 0.25) is 0 Å². The maximum atomic E-state index is 8.75. The van der Waals surface area contributed by atoms with Gasteiger partial charge in [-0.15, -0.1) is 0 Å². The number of hydrogen-bond acceptors (Lipinski definition) is 4. The zero-order valence-electron chi connectivity index (χ0n) is 5.06. The van der Waals surface area contributed by atoms with Crippen LogP contribution in [0.2, 0.25) is 0 Å². The Morgan fingerprint density at radius 3 is 1.33 bits per heavy atom. The SMILES string of the molecule is O[C@H](CS)[C@H](O)CS.[PbH2]. The first-order valence-electron chi connectivity index (χ1n) is 2.30. The molecule has 0 amide bonds. The molecule has 0 aliphatic rings. The molecule has 0 aliphatic carbocycles. The summed E-state index contributed by atoms with van der Waals surface area (Å²) in [4.78, 5) is 0. The molecule has 56 valence electrons. The standard InChI is InChI=1S/C4H10O2S2.Pb.2H/c5-3(1-7)4(6)2-8;;;/h3-8H,1-2H2;;;/t3-,4-;;;/m1.../s1. The fourth-order valence-corrected chi connectivity index (χ4v) is 0.730. The van der Waals surface area contributed by atoms with E-state index < -0.39 is 12.2 Å². The Morgan fingerprint density at radius 1 is 1.00 bits per heavy atom. The van der Waals surface area contributed by atoms with Crippen LogP contribution in [-0.2, 0) is 0 Å². The summed E-state index contributed by atoms with van der Waals surface area (Å²) in [5.41, 5.74) is 0. The average Bonchev–Trinajstić information content (AvgIpc) is 1.84. The van der Waals surface area contributed by atoms with Crippen LogP contribution in [0.15, 0.2) is 0 Å². The molecular formula is C4H12O2PbS2. The Balaban J connectivity index is 0. The molecular weight excluding hydrogens is 351 g/mol. The van der Waals surface area contributed by atoms with Gasteiger partial charge in [0, 0.05) is 11.5 Å². The quantitative estimate of drug-likeness (QED) is 0.370. The Labute approximate surface area is 86.0 Å². The predicted octanol–water partition coefficient (Wildman–Crippen LogP) is -1.35. The molecule has 0 fully saturated rings. The van der Waals surface area contributed by atoms with Crippen LogP contribution in [0.1, 0.15) is 0 Å². The normalized spacial score (nSPS) is 16.0. The molecule has 0 aromatic carbocycles. The predicted molar refractivity (Wildman–Crippen MR) is 48.3 cm³/mol. The van der Waals surface area contributed by atoms with Gasteiger partial charge < -0.3 is 10.2 Å². The van der Waals surface area contributed by atoms with Gasteiger partial charge in [-0.1, -0.05) is 0 Å². The van der Waals surface area contributed by atoms with Crippen LogP contribution >= 0.6 is 25.3 Å². The van der Waals surface area contributed by atoms with Crippen molar-refractivity contribution < 1.29 is 10.2 Å². The van der Waals surface area contributed by atoms with E-state index in [9.17, 15) is 0 Å². The van der Waals surface area contributed by atoms with Crippen molar-refractivity contribution in [3.8, 4) is 0 Å². The molecule has 0 rings (SSSR count). The van der Waals surface area contributed by atoms with Crippen LogP contribution in [-0.4, -0.2) is 61.2 Å². The van der Waals surface area contributed by atoms with E-state index in [1.54, 1.807) is 0 Å². The molecule has 0 bridgehead atoms. The fourth-order valence-electron chi connectivity index (χ4n) is 0.243. The molecule has 0 saturated heterocycles. The molecule has 2 radical (unpaired) electrons. The van der Waals surface area contributed by atoms with E-state index in [-0.39, 0.29) is 38.8 Å². The van der Waals surface area contributed by atoms with E-state index in [1.165, 1.54) is 0 Å². The van der Waals surface area contributed by atoms with E-state index in [4.69, 9.17) is 10.2 Å². The van der Waals surface area contributed by atoms with Crippen LogP contribution < -0.4 is 0 Å². The second-order valence-corrected chi connectivity index (χ2v) is 2.23. The zero-order chi connectivity index (χ0) is 6.57. The second-order valence-electron chi connectivity index (χ2n) is 1.50. The molecule has 2 atom stereocenters. The molecule has 2 N–H and O–H groups in total. The first-order valence-corrected chi connectivity index (χ1v) is 3.56.